The zero-order chi connectivity index (χ0) is 10.8. The highest BCUT2D eigenvalue weighted by Gasteiger charge is 2.29. The molecule has 0 aromatic rings. The van der Waals surface area contributed by atoms with Gasteiger partial charge in [0.25, 0.3) is 0 Å². The number of ether oxygens (including phenoxy) is 1. The summed E-state index contributed by atoms with van der Waals surface area (Å²) in [7, 11) is 0. The largest absolute Gasteiger partial charge is 0.460 e. The lowest BCUT2D eigenvalue weighted by Gasteiger charge is -2.28. The molecule has 0 unspecified atom stereocenters. The van der Waals surface area contributed by atoms with Gasteiger partial charge in [-0.1, -0.05) is 6.42 Å². The van der Waals surface area contributed by atoms with Crippen molar-refractivity contribution in [1.82, 2.24) is 0 Å². The molecule has 2 N–H and O–H groups in total. The fourth-order valence-electron chi connectivity index (χ4n) is 1.83. The van der Waals surface area contributed by atoms with E-state index < -0.39 is 0 Å². The first-order chi connectivity index (χ1) is 6.38. The van der Waals surface area contributed by atoms with E-state index in [0.29, 0.717) is 0 Å². The number of esters is 1. The van der Waals surface area contributed by atoms with Crippen LogP contribution < -0.4 is 5.73 Å². The molecule has 82 valence electrons. The molecule has 0 saturated heterocycles. The van der Waals surface area contributed by atoms with Crippen molar-refractivity contribution in [3.8, 4) is 0 Å². The second-order valence-corrected chi connectivity index (χ2v) is 5.16. The van der Waals surface area contributed by atoms with Gasteiger partial charge in [-0.05, 0) is 40.0 Å². The molecule has 0 aliphatic heterocycles. The number of rotatable bonds is 1. The Bertz CT molecular complexity index is 208. The van der Waals surface area contributed by atoms with Crippen LogP contribution in [-0.2, 0) is 9.53 Å². The minimum atomic E-state index is -0.376. The molecule has 1 aliphatic carbocycles. The summed E-state index contributed by atoms with van der Waals surface area (Å²) >= 11 is 0. The van der Waals surface area contributed by atoms with Gasteiger partial charge >= 0.3 is 5.97 Å². The summed E-state index contributed by atoms with van der Waals surface area (Å²) in [6, 6.07) is 0.182. The normalized spacial score (nSPS) is 28.6. The number of hydrogen-bond donors (Lipinski definition) is 1. The Kier molecular flexibility index (Phi) is 3.53. The van der Waals surface area contributed by atoms with Gasteiger partial charge in [-0.2, -0.15) is 0 Å². The van der Waals surface area contributed by atoms with Gasteiger partial charge in [-0.3, -0.25) is 4.79 Å². The summed E-state index contributed by atoms with van der Waals surface area (Å²) in [6.45, 7) is 5.69. The zero-order valence-corrected chi connectivity index (χ0v) is 9.38. The van der Waals surface area contributed by atoms with E-state index in [2.05, 4.69) is 0 Å². The van der Waals surface area contributed by atoms with E-state index in [1.807, 2.05) is 20.8 Å². The van der Waals surface area contributed by atoms with Crippen molar-refractivity contribution in [2.24, 2.45) is 11.7 Å². The molecule has 0 aromatic heterocycles. The maximum atomic E-state index is 11.7. The molecule has 0 radical (unpaired) electrons. The lowest BCUT2D eigenvalue weighted by Crippen LogP contribution is -2.35. The van der Waals surface area contributed by atoms with Crippen molar-refractivity contribution in [3.05, 3.63) is 0 Å². The maximum Gasteiger partial charge on any atom is 0.309 e. The lowest BCUT2D eigenvalue weighted by molar-refractivity contribution is -0.161. The highest BCUT2D eigenvalue weighted by atomic mass is 16.6. The van der Waals surface area contributed by atoms with Crippen molar-refractivity contribution in [2.75, 3.05) is 0 Å². The van der Waals surface area contributed by atoms with Crippen LogP contribution in [0.3, 0.4) is 0 Å². The van der Waals surface area contributed by atoms with Crippen molar-refractivity contribution in [1.29, 1.82) is 0 Å². The third-order valence-electron chi connectivity index (χ3n) is 2.45. The van der Waals surface area contributed by atoms with Crippen molar-refractivity contribution < 1.29 is 9.53 Å². The van der Waals surface area contributed by atoms with E-state index in [0.717, 1.165) is 25.7 Å². The number of nitrogens with two attached hydrogens (primary N) is 1. The zero-order valence-electron chi connectivity index (χ0n) is 9.38. The molecule has 1 aliphatic rings. The molecule has 0 heterocycles. The molecular weight excluding hydrogens is 178 g/mol. The summed E-state index contributed by atoms with van der Waals surface area (Å²) in [6.07, 6.45) is 3.81. The average molecular weight is 199 g/mol. The summed E-state index contributed by atoms with van der Waals surface area (Å²) in [5, 5.41) is 0. The van der Waals surface area contributed by atoms with Crippen molar-refractivity contribution in [3.63, 3.8) is 0 Å². The Labute approximate surface area is 86.0 Å². The van der Waals surface area contributed by atoms with Crippen molar-refractivity contribution in [2.45, 2.75) is 58.1 Å². The Morgan fingerprint density at radius 2 is 2.00 bits per heavy atom. The van der Waals surface area contributed by atoms with Crippen molar-refractivity contribution >= 4 is 5.97 Å². The fourth-order valence-corrected chi connectivity index (χ4v) is 1.83. The predicted octanol–water partition coefficient (Wildman–Crippen LogP) is 1.85. The van der Waals surface area contributed by atoms with Crippen LogP contribution in [0, 0.1) is 5.92 Å². The van der Waals surface area contributed by atoms with Crippen LogP contribution in [0.2, 0.25) is 0 Å². The summed E-state index contributed by atoms with van der Waals surface area (Å²) < 4.78 is 5.33. The van der Waals surface area contributed by atoms with Gasteiger partial charge < -0.3 is 10.5 Å². The number of hydrogen-bond acceptors (Lipinski definition) is 3. The van der Waals surface area contributed by atoms with E-state index in [1.165, 1.54) is 0 Å². The highest BCUT2D eigenvalue weighted by Crippen LogP contribution is 2.25. The summed E-state index contributed by atoms with van der Waals surface area (Å²) in [5.41, 5.74) is 5.44. The molecule has 1 rings (SSSR count). The third-order valence-corrected chi connectivity index (χ3v) is 2.45. The molecule has 0 spiro atoms. The maximum absolute atomic E-state index is 11.7. The average Bonchev–Trinajstić information content (AvgIpc) is 2.01. The van der Waals surface area contributed by atoms with Gasteiger partial charge in [0.1, 0.15) is 5.60 Å². The molecule has 0 aromatic carbocycles. The van der Waals surface area contributed by atoms with Crippen LogP contribution in [0.25, 0.3) is 0 Å². The first-order valence-corrected chi connectivity index (χ1v) is 5.37. The van der Waals surface area contributed by atoms with E-state index in [-0.39, 0.29) is 23.5 Å². The molecule has 2 atom stereocenters. The van der Waals surface area contributed by atoms with Gasteiger partial charge in [0.15, 0.2) is 0 Å². The minimum Gasteiger partial charge on any atom is -0.460 e. The van der Waals surface area contributed by atoms with E-state index in [1.54, 1.807) is 0 Å². The summed E-state index contributed by atoms with van der Waals surface area (Å²) in [5.74, 6) is -0.0503. The van der Waals surface area contributed by atoms with Gasteiger partial charge in [-0.25, -0.2) is 0 Å². The monoisotopic (exact) mass is 199 g/mol. The van der Waals surface area contributed by atoms with Crippen LogP contribution >= 0.6 is 0 Å². The first kappa shape index (κ1) is 11.5. The van der Waals surface area contributed by atoms with E-state index >= 15 is 0 Å². The Morgan fingerprint density at radius 3 is 2.50 bits per heavy atom. The van der Waals surface area contributed by atoms with Gasteiger partial charge in [-0.15, -0.1) is 0 Å². The van der Waals surface area contributed by atoms with Gasteiger partial charge in [0, 0.05) is 6.04 Å². The lowest BCUT2D eigenvalue weighted by atomic mass is 9.86. The van der Waals surface area contributed by atoms with Crippen LogP contribution in [0.5, 0.6) is 0 Å². The Balaban J connectivity index is 2.44. The topological polar surface area (TPSA) is 52.3 Å². The Morgan fingerprint density at radius 1 is 1.36 bits per heavy atom. The summed E-state index contributed by atoms with van der Waals surface area (Å²) in [4.78, 5) is 11.7. The van der Waals surface area contributed by atoms with Crippen LogP contribution in [-0.4, -0.2) is 17.6 Å². The number of carbonyl (C=O) groups is 1. The molecule has 1 fully saturated rings. The van der Waals surface area contributed by atoms with Gasteiger partial charge in [0.05, 0.1) is 5.92 Å². The quantitative estimate of drug-likeness (QED) is 0.656. The van der Waals surface area contributed by atoms with E-state index in [4.69, 9.17) is 10.5 Å². The van der Waals surface area contributed by atoms with Crippen LogP contribution in [0.4, 0.5) is 0 Å². The molecule has 1 saturated carbocycles. The predicted molar refractivity (Wildman–Crippen MR) is 55.8 cm³/mol. The SMILES string of the molecule is CC(C)(C)OC(=O)[C@H]1CCC[C@H](N)C1. The van der Waals surface area contributed by atoms with Crippen LogP contribution in [0.1, 0.15) is 46.5 Å². The van der Waals surface area contributed by atoms with Gasteiger partial charge in [0.2, 0.25) is 0 Å². The molecular formula is C11H21NO2. The first-order valence-electron chi connectivity index (χ1n) is 5.37. The second-order valence-electron chi connectivity index (χ2n) is 5.16. The molecule has 3 heteroatoms. The van der Waals surface area contributed by atoms with Crippen LogP contribution in [0.15, 0.2) is 0 Å². The number of carbonyl (C=O) groups excluding carboxylic acids is 1. The minimum absolute atomic E-state index is 0.0259. The standard InChI is InChI=1S/C11H21NO2/c1-11(2,3)14-10(13)8-5-4-6-9(12)7-8/h8-9H,4-7,12H2,1-3H3/t8-,9-/m0/s1. The highest BCUT2D eigenvalue weighted by molar-refractivity contribution is 5.73. The molecule has 3 nitrogen and oxygen atoms in total. The molecule has 0 amide bonds. The van der Waals surface area contributed by atoms with E-state index in [9.17, 15) is 4.79 Å². The molecule has 0 bridgehead atoms. The fraction of sp³-hybridized carbons (Fsp3) is 0.909. The Hall–Kier alpha value is -0.570. The third kappa shape index (κ3) is 3.66. The second kappa shape index (κ2) is 4.30. The molecule has 14 heavy (non-hydrogen) atoms. The smallest absolute Gasteiger partial charge is 0.309 e.